The lowest BCUT2D eigenvalue weighted by Crippen LogP contribution is -2.26. The Morgan fingerprint density at radius 3 is 2.32 bits per heavy atom. The molecule has 2 amide bonds. The molecule has 2 N–H and O–H groups in total. The van der Waals surface area contributed by atoms with Gasteiger partial charge in [-0.25, -0.2) is 0 Å². The smallest absolute Gasteiger partial charge is 0.251 e. The second-order valence-corrected chi connectivity index (χ2v) is 5.08. The Balaban J connectivity index is 1.96. The maximum atomic E-state index is 12.2. The number of aromatic nitrogens is 1. The van der Waals surface area contributed by atoms with Crippen molar-refractivity contribution >= 4 is 11.8 Å². The molecule has 0 saturated carbocycles. The van der Waals surface area contributed by atoms with Gasteiger partial charge >= 0.3 is 0 Å². The number of rotatable bonds is 5. The molecule has 1 atom stereocenters. The number of pyridine rings is 1. The second kappa shape index (κ2) is 7.36. The first kappa shape index (κ1) is 15.7. The average Bonchev–Trinajstić information content (AvgIpc) is 2.54. The number of benzene rings is 1. The average molecular weight is 297 g/mol. The summed E-state index contributed by atoms with van der Waals surface area (Å²) in [6, 6.07) is 10.8. The molecule has 1 aromatic carbocycles. The van der Waals surface area contributed by atoms with Crippen LogP contribution in [0.2, 0.25) is 0 Å². The third kappa shape index (κ3) is 4.41. The summed E-state index contributed by atoms with van der Waals surface area (Å²) in [5.74, 6) is -0.205. The minimum absolute atomic E-state index is 0.0759. The predicted molar refractivity (Wildman–Crippen MR) is 84.1 cm³/mol. The van der Waals surface area contributed by atoms with Crippen LogP contribution in [0, 0.1) is 0 Å². The lowest BCUT2D eigenvalue weighted by Gasteiger charge is -2.14. The zero-order chi connectivity index (χ0) is 15.9. The molecule has 0 fully saturated rings. The van der Waals surface area contributed by atoms with Crippen LogP contribution in [0.5, 0.6) is 0 Å². The van der Waals surface area contributed by atoms with Gasteiger partial charge in [0.1, 0.15) is 0 Å². The van der Waals surface area contributed by atoms with E-state index in [1.54, 1.807) is 24.5 Å². The van der Waals surface area contributed by atoms with Crippen molar-refractivity contribution in [3.63, 3.8) is 0 Å². The summed E-state index contributed by atoms with van der Waals surface area (Å²) in [7, 11) is 0. The van der Waals surface area contributed by atoms with E-state index >= 15 is 0 Å². The van der Waals surface area contributed by atoms with Crippen LogP contribution in [0.1, 0.15) is 41.4 Å². The minimum Gasteiger partial charge on any atom is -0.352 e. The van der Waals surface area contributed by atoms with Gasteiger partial charge in [-0.3, -0.25) is 14.6 Å². The van der Waals surface area contributed by atoms with Crippen molar-refractivity contribution in [3.05, 3.63) is 65.5 Å². The van der Waals surface area contributed by atoms with Gasteiger partial charge in [0.2, 0.25) is 5.91 Å². The van der Waals surface area contributed by atoms with Gasteiger partial charge in [-0.05, 0) is 42.3 Å². The highest BCUT2D eigenvalue weighted by Crippen LogP contribution is 2.12. The van der Waals surface area contributed by atoms with Crippen LogP contribution in [-0.4, -0.2) is 16.8 Å². The molecule has 0 radical (unpaired) electrons. The van der Waals surface area contributed by atoms with Gasteiger partial charge in [-0.1, -0.05) is 12.1 Å². The maximum absolute atomic E-state index is 12.2. The fourth-order valence-electron chi connectivity index (χ4n) is 2.02. The first-order valence-electron chi connectivity index (χ1n) is 7.10. The van der Waals surface area contributed by atoms with Gasteiger partial charge in [0.25, 0.3) is 5.91 Å². The summed E-state index contributed by atoms with van der Waals surface area (Å²) in [5.41, 5.74) is 2.55. The molecule has 1 aromatic heterocycles. The molecule has 0 saturated heterocycles. The van der Waals surface area contributed by atoms with Gasteiger partial charge in [0, 0.05) is 31.4 Å². The fraction of sp³-hybridized carbons (Fsp3) is 0.235. The summed E-state index contributed by atoms with van der Waals surface area (Å²) in [4.78, 5) is 27.0. The van der Waals surface area contributed by atoms with Crippen molar-refractivity contribution in [3.8, 4) is 0 Å². The summed E-state index contributed by atoms with van der Waals surface area (Å²) in [6.07, 6.45) is 3.41. The topological polar surface area (TPSA) is 71.1 Å². The molecule has 0 bridgehead atoms. The zero-order valence-electron chi connectivity index (χ0n) is 12.7. The normalized spacial score (nSPS) is 11.5. The summed E-state index contributed by atoms with van der Waals surface area (Å²) in [5, 5.41) is 5.66. The Morgan fingerprint density at radius 1 is 1.09 bits per heavy atom. The molecule has 0 aliphatic heterocycles. The molecular formula is C17H19N3O2. The molecule has 5 nitrogen and oxygen atoms in total. The van der Waals surface area contributed by atoms with E-state index in [0.29, 0.717) is 12.1 Å². The number of carbonyl (C=O) groups is 2. The first-order chi connectivity index (χ1) is 10.6. The van der Waals surface area contributed by atoms with Crippen LogP contribution in [0.15, 0.2) is 48.8 Å². The van der Waals surface area contributed by atoms with Crippen molar-refractivity contribution in [2.75, 3.05) is 0 Å². The molecular weight excluding hydrogens is 278 g/mol. The molecule has 1 heterocycles. The van der Waals surface area contributed by atoms with Crippen LogP contribution in [0.3, 0.4) is 0 Å². The molecule has 2 rings (SSSR count). The largest absolute Gasteiger partial charge is 0.352 e. The summed E-state index contributed by atoms with van der Waals surface area (Å²) >= 11 is 0. The molecule has 114 valence electrons. The lowest BCUT2D eigenvalue weighted by molar-refractivity contribution is -0.119. The van der Waals surface area contributed by atoms with Crippen molar-refractivity contribution < 1.29 is 9.59 Å². The number of hydrogen-bond donors (Lipinski definition) is 2. The summed E-state index contributed by atoms with van der Waals surface area (Å²) < 4.78 is 0. The van der Waals surface area contributed by atoms with Crippen molar-refractivity contribution in [2.45, 2.75) is 26.4 Å². The highest BCUT2D eigenvalue weighted by Gasteiger charge is 2.11. The van der Waals surface area contributed by atoms with Crippen molar-refractivity contribution in [2.24, 2.45) is 0 Å². The van der Waals surface area contributed by atoms with Crippen molar-refractivity contribution in [1.29, 1.82) is 0 Å². The summed E-state index contributed by atoms with van der Waals surface area (Å²) in [6.45, 7) is 3.87. The van der Waals surface area contributed by atoms with E-state index in [9.17, 15) is 9.59 Å². The van der Waals surface area contributed by atoms with Crippen LogP contribution < -0.4 is 10.6 Å². The molecule has 0 aliphatic rings. The van der Waals surface area contributed by atoms with E-state index in [4.69, 9.17) is 0 Å². The lowest BCUT2D eigenvalue weighted by atomic mass is 10.1. The number of amides is 2. The van der Waals surface area contributed by atoms with Gasteiger partial charge in [-0.2, -0.15) is 0 Å². The fourth-order valence-corrected chi connectivity index (χ4v) is 2.02. The van der Waals surface area contributed by atoms with E-state index < -0.39 is 0 Å². The molecule has 5 heteroatoms. The third-order valence-corrected chi connectivity index (χ3v) is 3.31. The highest BCUT2D eigenvalue weighted by molar-refractivity contribution is 5.94. The van der Waals surface area contributed by atoms with Gasteiger partial charge in [0.15, 0.2) is 0 Å². The van der Waals surface area contributed by atoms with Crippen LogP contribution >= 0.6 is 0 Å². The third-order valence-electron chi connectivity index (χ3n) is 3.31. The first-order valence-corrected chi connectivity index (χ1v) is 7.10. The molecule has 0 spiro atoms. The number of carbonyl (C=O) groups excluding carboxylic acids is 2. The monoisotopic (exact) mass is 297 g/mol. The van der Waals surface area contributed by atoms with E-state index in [1.807, 2.05) is 31.2 Å². The maximum Gasteiger partial charge on any atom is 0.251 e. The van der Waals surface area contributed by atoms with Crippen LogP contribution in [-0.2, 0) is 11.3 Å². The van der Waals surface area contributed by atoms with E-state index in [1.165, 1.54) is 6.92 Å². The van der Waals surface area contributed by atoms with Gasteiger partial charge < -0.3 is 10.6 Å². The zero-order valence-corrected chi connectivity index (χ0v) is 12.7. The number of nitrogens with one attached hydrogen (secondary N) is 2. The molecule has 22 heavy (non-hydrogen) atoms. The van der Waals surface area contributed by atoms with Crippen molar-refractivity contribution in [1.82, 2.24) is 15.6 Å². The van der Waals surface area contributed by atoms with E-state index in [2.05, 4.69) is 15.6 Å². The Bertz CT molecular complexity index is 639. The molecule has 2 aromatic rings. The van der Waals surface area contributed by atoms with Crippen LogP contribution in [0.4, 0.5) is 0 Å². The second-order valence-electron chi connectivity index (χ2n) is 5.08. The standard InChI is InChI=1S/C17H19N3O2/c1-12(15-7-9-18-10-8-15)20-17(22)16-5-3-14(4-6-16)11-19-13(2)21/h3-10,12H,11H2,1-2H3,(H,19,21)(H,20,22). The Labute approximate surface area is 129 Å². The highest BCUT2D eigenvalue weighted by atomic mass is 16.2. The van der Waals surface area contributed by atoms with Gasteiger partial charge in [0.05, 0.1) is 6.04 Å². The Morgan fingerprint density at radius 2 is 1.73 bits per heavy atom. The number of hydrogen-bond acceptors (Lipinski definition) is 3. The van der Waals surface area contributed by atoms with E-state index in [-0.39, 0.29) is 17.9 Å². The quantitative estimate of drug-likeness (QED) is 0.889. The molecule has 1 unspecified atom stereocenters. The predicted octanol–water partition coefficient (Wildman–Crippen LogP) is 2.21. The van der Waals surface area contributed by atoms with E-state index in [0.717, 1.165) is 11.1 Å². The number of nitrogens with zero attached hydrogens (tertiary/aromatic N) is 1. The minimum atomic E-state index is -0.129. The Kier molecular flexibility index (Phi) is 5.25. The van der Waals surface area contributed by atoms with Gasteiger partial charge in [-0.15, -0.1) is 0 Å². The molecule has 0 aliphatic carbocycles. The SMILES string of the molecule is CC(=O)NCc1ccc(C(=O)NC(C)c2ccncc2)cc1. The van der Waals surface area contributed by atoms with Crippen LogP contribution in [0.25, 0.3) is 0 Å². The Hall–Kier alpha value is -2.69.